The molecule has 3 atom stereocenters. The first-order valence-corrected chi connectivity index (χ1v) is 7.59. The van der Waals surface area contributed by atoms with Crippen molar-refractivity contribution in [3.8, 4) is 0 Å². The average molecular weight is 294 g/mol. The van der Waals surface area contributed by atoms with Gasteiger partial charge in [0.1, 0.15) is 5.82 Å². The molecule has 2 aliphatic carbocycles. The molecule has 5 heteroatoms. The monoisotopic (exact) mass is 293 g/mol. The minimum atomic E-state index is -0.0631. The molecule has 2 bridgehead atoms. The van der Waals surface area contributed by atoms with Crippen molar-refractivity contribution in [1.82, 2.24) is 9.88 Å². The molecule has 0 aliphatic heterocycles. The lowest BCUT2D eigenvalue weighted by atomic mass is 9.88. The number of halogens is 1. The summed E-state index contributed by atoms with van der Waals surface area (Å²) >= 11 is 6.05. The molecule has 2 aliphatic rings. The highest BCUT2D eigenvalue weighted by Gasteiger charge is 2.40. The first kappa shape index (κ1) is 13.7. The van der Waals surface area contributed by atoms with E-state index in [9.17, 15) is 4.79 Å². The van der Waals surface area contributed by atoms with Gasteiger partial charge >= 0.3 is 0 Å². The fourth-order valence-electron chi connectivity index (χ4n) is 3.86. The fourth-order valence-corrected chi connectivity index (χ4v) is 4.04. The Labute approximate surface area is 124 Å². The van der Waals surface area contributed by atoms with Crippen LogP contribution in [0.2, 0.25) is 5.02 Å². The van der Waals surface area contributed by atoms with E-state index in [2.05, 4.69) is 4.98 Å². The predicted molar refractivity (Wildman–Crippen MR) is 79.6 cm³/mol. The molecule has 3 rings (SSSR count). The van der Waals surface area contributed by atoms with Crippen LogP contribution in [0.3, 0.4) is 0 Å². The number of rotatable bonds is 3. The van der Waals surface area contributed by atoms with E-state index >= 15 is 0 Å². The number of hydrogen-bond donors (Lipinski definition) is 1. The van der Waals surface area contributed by atoms with Crippen LogP contribution in [0.5, 0.6) is 0 Å². The molecular formula is C15H20ClN3O. The molecule has 20 heavy (non-hydrogen) atoms. The van der Waals surface area contributed by atoms with E-state index in [4.69, 9.17) is 17.3 Å². The maximum Gasteiger partial charge on any atom is 0.255 e. The maximum atomic E-state index is 12.5. The topological polar surface area (TPSA) is 59.2 Å². The molecule has 1 aromatic rings. The van der Waals surface area contributed by atoms with Gasteiger partial charge in [0.2, 0.25) is 0 Å². The number of nitrogens with two attached hydrogens (primary N) is 1. The van der Waals surface area contributed by atoms with Gasteiger partial charge < -0.3 is 10.6 Å². The highest BCUT2D eigenvalue weighted by Crippen LogP contribution is 2.48. The number of pyridine rings is 1. The summed E-state index contributed by atoms with van der Waals surface area (Å²) in [6, 6.07) is 1.56. The van der Waals surface area contributed by atoms with Crippen LogP contribution < -0.4 is 5.73 Å². The summed E-state index contributed by atoms with van der Waals surface area (Å²) in [4.78, 5) is 18.1. The summed E-state index contributed by atoms with van der Waals surface area (Å²) in [7, 11) is 1.85. The van der Waals surface area contributed by atoms with Crippen molar-refractivity contribution in [3.05, 3.63) is 22.8 Å². The number of aromatic nitrogens is 1. The Morgan fingerprint density at radius 3 is 2.95 bits per heavy atom. The van der Waals surface area contributed by atoms with Gasteiger partial charge in [-0.05, 0) is 43.1 Å². The van der Waals surface area contributed by atoms with Crippen LogP contribution in [-0.4, -0.2) is 29.4 Å². The first-order valence-electron chi connectivity index (χ1n) is 7.21. The van der Waals surface area contributed by atoms with Crippen molar-refractivity contribution < 1.29 is 4.79 Å². The number of fused-ring (bicyclic) bond motifs is 2. The molecular weight excluding hydrogens is 274 g/mol. The average Bonchev–Trinajstić information content (AvgIpc) is 3.03. The van der Waals surface area contributed by atoms with Crippen LogP contribution in [0, 0.1) is 17.8 Å². The number of carbonyl (C=O) groups excluding carboxylic acids is 1. The quantitative estimate of drug-likeness (QED) is 0.932. The van der Waals surface area contributed by atoms with Crippen LogP contribution in [0.4, 0.5) is 5.82 Å². The van der Waals surface area contributed by atoms with E-state index in [0.717, 1.165) is 18.4 Å². The number of nitrogens with zero attached hydrogens (tertiary/aromatic N) is 2. The molecule has 3 unspecified atom stereocenters. The van der Waals surface area contributed by atoms with Crippen molar-refractivity contribution in [2.24, 2.45) is 17.8 Å². The lowest BCUT2D eigenvalue weighted by Crippen LogP contribution is -2.34. The van der Waals surface area contributed by atoms with Gasteiger partial charge in [-0.3, -0.25) is 4.79 Å². The van der Waals surface area contributed by atoms with Crippen LogP contribution >= 0.6 is 11.6 Å². The van der Waals surface area contributed by atoms with Crippen molar-refractivity contribution in [2.75, 3.05) is 19.3 Å². The van der Waals surface area contributed by atoms with Gasteiger partial charge in [-0.1, -0.05) is 18.0 Å². The summed E-state index contributed by atoms with van der Waals surface area (Å²) in [6.45, 7) is 0.818. The third-order valence-electron chi connectivity index (χ3n) is 4.85. The van der Waals surface area contributed by atoms with Crippen LogP contribution in [-0.2, 0) is 0 Å². The van der Waals surface area contributed by atoms with Crippen LogP contribution in [0.25, 0.3) is 0 Å². The van der Waals surface area contributed by atoms with Crippen LogP contribution in [0.15, 0.2) is 12.3 Å². The molecule has 2 saturated carbocycles. The highest BCUT2D eigenvalue weighted by atomic mass is 35.5. The molecule has 1 aromatic heterocycles. The van der Waals surface area contributed by atoms with E-state index in [1.165, 1.54) is 31.9 Å². The smallest absolute Gasteiger partial charge is 0.255 e. The Morgan fingerprint density at radius 2 is 2.30 bits per heavy atom. The normalized spacial score (nSPS) is 27.8. The minimum absolute atomic E-state index is 0.0631. The molecule has 1 amide bonds. The van der Waals surface area contributed by atoms with Gasteiger partial charge in [0.05, 0.1) is 10.6 Å². The number of anilines is 1. The van der Waals surface area contributed by atoms with E-state index in [-0.39, 0.29) is 5.91 Å². The fraction of sp³-hybridized carbons (Fsp3) is 0.600. The van der Waals surface area contributed by atoms with E-state index in [0.29, 0.717) is 22.3 Å². The second-order valence-electron chi connectivity index (χ2n) is 6.21. The Morgan fingerprint density at radius 1 is 1.50 bits per heavy atom. The summed E-state index contributed by atoms with van der Waals surface area (Å²) in [6.07, 6.45) is 6.78. The molecule has 0 aromatic carbocycles. The second kappa shape index (κ2) is 5.24. The van der Waals surface area contributed by atoms with Crippen molar-refractivity contribution in [3.63, 3.8) is 0 Å². The van der Waals surface area contributed by atoms with E-state index in [1.54, 1.807) is 11.0 Å². The summed E-state index contributed by atoms with van der Waals surface area (Å²) < 4.78 is 0. The number of hydrogen-bond acceptors (Lipinski definition) is 3. The zero-order valence-electron chi connectivity index (χ0n) is 11.7. The molecule has 1 heterocycles. The van der Waals surface area contributed by atoms with E-state index in [1.807, 2.05) is 7.05 Å². The van der Waals surface area contributed by atoms with E-state index < -0.39 is 0 Å². The maximum absolute atomic E-state index is 12.5. The third kappa shape index (κ3) is 2.49. The van der Waals surface area contributed by atoms with Crippen molar-refractivity contribution in [1.29, 1.82) is 0 Å². The Balaban J connectivity index is 1.69. The molecule has 2 fully saturated rings. The van der Waals surface area contributed by atoms with Gasteiger partial charge in [-0.25, -0.2) is 4.98 Å². The standard InChI is InChI=1S/C15H20ClN3O/c1-19(8-11-5-9-2-3-10(11)4-9)15(20)12-6-14(17)18-7-13(12)16/h6-7,9-11H,2-5,8H2,1H3,(H2,17,18). The molecule has 0 spiro atoms. The minimum Gasteiger partial charge on any atom is -0.384 e. The van der Waals surface area contributed by atoms with Gasteiger partial charge in [0.15, 0.2) is 0 Å². The molecule has 2 N–H and O–H groups in total. The lowest BCUT2D eigenvalue weighted by molar-refractivity contribution is 0.0754. The Kier molecular flexibility index (Phi) is 3.59. The molecule has 0 saturated heterocycles. The third-order valence-corrected chi connectivity index (χ3v) is 5.15. The zero-order valence-corrected chi connectivity index (χ0v) is 12.4. The predicted octanol–water partition coefficient (Wildman–Crippen LogP) is 2.83. The first-order chi connectivity index (χ1) is 9.54. The SMILES string of the molecule is CN(CC1CC2CCC1C2)C(=O)c1cc(N)ncc1Cl. The van der Waals surface area contributed by atoms with Gasteiger partial charge in [0, 0.05) is 19.8 Å². The Bertz CT molecular complexity index is 534. The number of carbonyl (C=O) groups is 1. The number of nitrogen functional groups attached to an aromatic ring is 1. The second-order valence-corrected chi connectivity index (χ2v) is 6.62. The molecule has 108 valence electrons. The largest absolute Gasteiger partial charge is 0.384 e. The Hall–Kier alpha value is -1.29. The summed E-state index contributed by atoms with van der Waals surface area (Å²) in [5, 5.41) is 0.365. The summed E-state index contributed by atoms with van der Waals surface area (Å²) in [5.41, 5.74) is 6.09. The van der Waals surface area contributed by atoms with Crippen molar-refractivity contribution in [2.45, 2.75) is 25.7 Å². The van der Waals surface area contributed by atoms with Gasteiger partial charge in [0.25, 0.3) is 5.91 Å². The van der Waals surface area contributed by atoms with Crippen LogP contribution in [0.1, 0.15) is 36.0 Å². The van der Waals surface area contributed by atoms with Gasteiger partial charge in [-0.15, -0.1) is 0 Å². The molecule has 0 radical (unpaired) electrons. The zero-order chi connectivity index (χ0) is 14.3. The highest BCUT2D eigenvalue weighted by molar-refractivity contribution is 6.33. The van der Waals surface area contributed by atoms with Crippen molar-refractivity contribution >= 4 is 23.3 Å². The lowest BCUT2D eigenvalue weighted by Gasteiger charge is -2.27. The summed E-state index contributed by atoms with van der Waals surface area (Å²) in [5.74, 6) is 2.63. The number of amides is 1. The molecule has 4 nitrogen and oxygen atoms in total. The van der Waals surface area contributed by atoms with Gasteiger partial charge in [-0.2, -0.15) is 0 Å².